The molecule has 2 amide bonds. The van der Waals surface area contributed by atoms with Crippen molar-refractivity contribution in [1.82, 2.24) is 10.6 Å². The monoisotopic (exact) mass is 264 g/mol. The lowest BCUT2D eigenvalue weighted by Crippen LogP contribution is -2.41. The van der Waals surface area contributed by atoms with Gasteiger partial charge in [-0.05, 0) is 37.5 Å². The van der Waals surface area contributed by atoms with Crippen molar-refractivity contribution < 1.29 is 9.53 Å². The molecule has 0 fully saturated rings. The van der Waals surface area contributed by atoms with E-state index >= 15 is 0 Å². The van der Waals surface area contributed by atoms with Gasteiger partial charge in [0.15, 0.2) is 6.73 Å². The molecule has 0 bridgehead atoms. The van der Waals surface area contributed by atoms with E-state index in [2.05, 4.69) is 29.7 Å². The molecule has 1 aromatic rings. The van der Waals surface area contributed by atoms with Crippen LogP contribution in [-0.2, 0) is 6.42 Å². The second kappa shape index (κ2) is 8.40. The molecule has 1 aromatic carbocycles. The van der Waals surface area contributed by atoms with E-state index in [4.69, 9.17) is 4.74 Å². The van der Waals surface area contributed by atoms with E-state index < -0.39 is 0 Å². The van der Waals surface area contributed by atoms with Crippen LogP contribution in [0.15, 0.2) is 24.3 Å². The van der Waals surface area contributed by atoms with Crippen LogP contribution in [0.2, 0.25) is 0 Å². The Morgan fingerprint density at radius 2 is 1.95 bits per heavy atom. The molecule has 0 aliphatic carbocycles. The number of ether oxygens (including phenoxy) is 1. The molecule has 1 unspecified atom stereocenters. The minimum atomic E-state index is -0.197. The minimum Gasteiger partial charge on any atom is -0.473 e. The third kappa shape index (κ3) is 6.13. The summed E-state index contributed by atoms with van der Waals surface area (Å²) in [7, 11) is 0. The third-order valence-electron chi connectivity index (χ3n) is 2.92. The van der Waals surface area contributed by atoms with Gasteiger partial charge in [-0.15, -0.1) is 0 Å². The highest BCUT2D eigenvalue weighted by Crippen LogP contribution is 2.12. The number of aryl methyl sites for hydroxylation is 1. The summed E-state index contributed by atoms with van der Waals surface area (Å²) in [5.74, 6) is 0.767. The Kier molecular flexibility index (Phi) is 6.79. The maximum absolute atomic E-state index is 11.4. The van der Waals surface area contributed by atoms with E-state index in [-0.39, 0.29) is 18.8 Å². The van der Waals surface area contributed by atoms with E-state index in [1.807, 2.05) is 26.0 Å². The Morgan fingerprint density at radius 1 is 1.26 bits per heavy atom. The molecule has 4 heteroatoms. The van der Waals surface area contributed by atoms with Crippen LogP contribution in [0.1, 0.15) is 39.2 Å². The fourth-order valence-electron chi connectivity index (χ4n) is 1.60. The summed E-state index contributed by atoms with van der Waals surface area (Å²) in [6.45, 7) is 6.33. The fourth-order valence-corrected chi connectivity index (χ4v) is 1.60. The van der Waals surface area contributed by atoms with Crippen molar-refractivity contribution in [3.05, 3.63) is 29.8 Å². The maximum Gasteiger partial charge on any atom is 0.317 e. The van der Waals surface area contributed by atoms with Crippen molar-refractivity contribution >= 4 is 6.03 Å². The molecule has 19 heavy (non-hydrogen) atoms. The van der Waals surface area contributed by atoms with Gasteiger partial charge in [0.1, 0.15) is 5.75 Å². The fraction of sp³-hybridized carbons (Fsp3) is 0.533. The summed E-state index contributed by atoms with van der Waals surface area (Å²) < 4.78 is 5.45. The molecule has 0 aliphatic heterocycles. The predicted octanol–water partition coefficient (Wildman–Crippen LogP) is 3.07. The summed E-state index contributed by atoms with van der Waals surface area (Å²) in [5, 5.41) is 5.48. The first-order valence-corrected chi connectivity index (χ1v) is 6.91. The van der Waals surface area contributed by atoms with Gasteiger partial charge >= 0.3 is 6.03 Å². The SMILES string of the molecule is CCCc1ccc(OCNC(=O)NC(C)CC)cc1. The summed E-state index contributed by atoms with van der Waals surface area (Å²) >= 11 is 0. The molecule has 106 valence electrons. The van der Waals surface area contributed by atoms with Crippen LogP contribution in [-0.4, -0.2) is 18.8 Å². The van der Waals surface area contributed by atoms with Crippen LogP contribution in [0.25, 0.3) is 0 Å². The topological polar surface area (TPSA) is 50.4 Å². The lowest BCUT2D eigenvalue weighted by Gasteiger charge is -2.13. The first-order chi connectivity index (χ1) is 9.15. The lowest BCUT2D eigenvalue weighted by atomic mass is 10.1. The number of hydrogen-bond acceptors (Lipinski definition) is 2. The van der Waals surface area contributed by atoms with Crippen LogP contribution in [0, 0.1) is 0 Å². The quantitative estimate of drug-likeness (QED) is 0.744. The van der Waals surface area contributed by atoms with Crippen LogP contribution in [0.4, 0.5) is 4.79 Å². The molecule has 4 nitrogen and oxygen atoms in total. The second-order valence-corrected chi connectivity index (χ2v) is 4.64. The van der Waals surface area contributed by atoms with Gasteiger partial charge in [-0.2, -0.15) is 0 Å². The van der Waals surface area contributed by atoms with E-state index in [0.717, 1.165) is 25.0 Å². The number of benzene rings is 1. The zero-order chi connectivity index (χ0) is 14.1. The molecule has 1 rings (SSSR count). The molecule has 0 saturated carbocycles. The number of nitrogens with one attached hydrogen (secondary N) is 2. The second-order valence-electron chi connectivity index (χ2n) is 4.64. The van der Waals surface area contributed by atoms with E-state index in [1.54, 1.807) is 0 Å². The largest absolute Gasteiger partial charge is 0.473 e. The molecule has 0 saturated heterocycles. The number of urea groups is 1. The zero-order valence-corrected chi connectivity index (χ0v) is 12.0. The van der Waals surface area contributed by atoms with Gasteiger partial charge in [0.25, 0.3) is 0 Å². The molecule has 0 radical (unpaired) electrons. The molecule has 0 spiro atoms. The molecule has 0 heterocycles. The van der Waals surface area contributed by atoms with E-state index in [0.29, 0.717) is 0 Å². The predicted molar refractivity (Wildman–Crippen MR) is 77.4 cm³/mol. The molecular formula is C15H24N2O2. The van der Waals surface area contributed by atoms with Crippen molar-refractivity contribution in [3.8, 4) is 5.75 Å². The number of carbonyl (C=O) groups is 1. The molecule has 1 atom stereocenters. The molecule has 0 aliphatic rings. The highest BCUT2D eigenvalue weighted by Gasteiger charge is 2.03. The van der Waals surface area contributed by atoms with Gasteiger partial charge in [0.2, 0.25) is 0 Å². The Balaban J connectivity index is 2.27. The van der Waals surface area contributed by atoms with Crippen molar-refractivity contribution in [3.63, 3.8) is 0 Å². The number of hydrogen-bond donors (Lipinski definition) is 2. The van der Waals surface area contributed by atoms with Crippen LogP contribution in [0.5, 0.6) is 5.75 Å². The van der Waals surface area contributed by atoms with Gasteiger partial charge in [-0.3, -0.25) is 0 Å². The average Bonchev–Trinajstić information content (AvgIpc) is 2.41. The lowest BCUT2D eigenvalue weighted by molar-refractivity contribution is 0.221. The Labute approximate surface area is 115 Å². The summed E-state index contributed by atoms with van der Waals surface area (Å²) in [5.41, 5.74) is 1.30. The van der Waals surface area contributed by atoms with Crippen LogP contribution in [0.3, 0.4) is 0 Å². The smallest absolute Gasteiger partial charge is 0.317 e. The van der Waals surface area contributed by atoms with Gasteiger partial charge in [-0.1, -0.05) is 32.4 Å². The van der Waals surface area contributed by atoms with E-state index in [9.17, 15) is 4.79 Å². The number of carbonyl (C=O) groups excluding carboxylic acids is 1. The minimum absolute atomic E-state index is 0.174. The van der Waals surface area contributed by atoms with Crippen molar-refractivity contribution in [2.75, 3.05) is 6.73 Å². The molecule has 2 N–H and O–H groups in total. The van der Waals surface area contributed by atoms with Gasteiger partial charge < -0.3 is 15.4 Å². The Bertz CT molecular complexity index is 376. The van der Waals surface area contributed by atoms with Crippen molar-refractivity contribution in [2.24, 2.45) is 0 Å². The summed E-state index contributed by atoms with van der Waals surface area (Å²) in [4.78, 5) is 11.4. The molecular weight excluding hydrogens is 240 g/mol. The summed E-state index contributed by atoms with van der Waals surface area (Å²) in [6.07, 6.45) is 3.13. The van der Waals surface area contributed by atoms with Crippen molar-refractivity contribution in [1.29, 1.82) is 0 Å². The molecule has 0 aromatic heterocycles. The first-order valence-electron chi connectivity index (χ1n) is 6.91. The Hall–Kier alpha value is -1.71. The van der Waals surface area contributed by atoms with Gasteiger partial charge in [0, 0.05) is 6.04 Å². The number of amides is 2. The highest BCUT2D eigenvalue weighted by atomic mass is 16.5. The highest BCUT2D eigenvalue weighted by molar-refractivity contribution is 5.73. The van der Waals surface area contributed by atoms with Gasteiger partial charge in [0.05, 0.1) is 0 Å². The maximum atomic E-state index is 11.4. The van der Waals surface area contributed by atoms with Crippen LogP contribution >= 0.6 is 0 Å². The Morgan fingerprint density at radius 3 is 2.53 bits per heavy atom. The number of rotatable bonds is 7. The van der Waals surface area contributed by atoms with E-state index in [1.165, 1.54) is 5.56 Å². The zero-order valence-electron chi connectivity index (χ0n) is 12.0. The first kappa shape index (κ1) is 15.3. The van der Waals surface area contributed by atoms with Crippen LogP contribution < -0.4 is 15.4 Å². The average molecular weight is 264 g/mol. The van der Waals surface area contributed by atoms with Crippen molar-refractivity contribution in [2.45, 2.75) is 46.1 Å². The normalized spacial score (nSPS) is 11.7. The third-order valence-corrected chi connectivity index (χ3v) is 2.92. The summed E-state index contributed by atoms with van der Waals surface area (Å²) in [6, 6.07) is 7.94. The van der Waals surface area contributed by atoms with Gasteiger partial charge in [-0.25, -0.2) is 4.79 Å². The standard InChI is InChI=1S/C15H24N2O2/c1-4-6-13-7-9-14(10-8-13)19-11-16-15(18)17-12(3)5-2/h7-10,12H,4-6,11H2,1-3H3,(H2,16,17,18).